The molecule has 7 heteroatoms. The minimum absolute atomic E-state index is 0.0547. The maximum atomic E-state index is 12.6. The zero-order valence-electron chi connectivity index (χ0n) is 11.3. The Labute approximate surface area is 113 Å². The molecule has 0 spiro atoms. The number of rotatable bonds is 4. The fourth-order valence-corrected chi connectivity index (χ4v) is 3.85. The summed E-state index contributed by atoms with van der Waals surface area (Å²) in [5, 5.41) is 2.91. The average Bonchev–Trinajstić information content (AvgIpc) is 2.83. The van der Waals surface area contributed by atoms with Gasteiger partial charge in [-0.2, -0.15) is 4.31 Å². The van der Waals surface area contributed by atoms with E-state index in [1.807, 2.05) is 6.92 Å². The van der Waals surface area contributed by atoms with Crippen LogP contribution in [0.25, 0.3) is 0 Å². The Balaban J connectivity index is 2.36. The molecule has 2 heterocycles. The van der Waals surface area contributed by atoms with Crippen LogP contribution < -0.4 is 5.32 Å². The molecule has 1 aromatic rings. The number of nitrogens with zero attached hydrogens (tertiary/aromatic N) is 2. The van der Waals surface area contributed by atoms with Gasteiger partial charge in [0.1, 0.15) is 0 Å². The van der Waals surface area contributed by atoms with E-state index in [-0.39, 0.29) is 17.2 Å². The molecule has 106 valence electrons. The average molecular weight is 285 g/mol. The normalized spacial score (nSPS) is 23.8. The number of nitrogens with one attached hydrogen (secondary N) is 1. The first-order chi connectivity index (χ1) is 8.98. The van der Waals surface area contributed by atoms with E-state index in [0.29, 0.717) is 18.7 Å². The van der Waals surface area contributed by atoms with E-state index < -0.39 is 10.0 Å². The van der Waals surface area contributed by atoms with E-state index in [1.165, 1.54) is 10.5 Å². The summed E-state index contributed by atoms with van der Waals surface area (Å²) >= 11 is 0. The van der Waals surface area contributed by atoms with Crippen molar-refractivity contribution >= 4 is 15.7 Å². The number of likely N-dealkylation sites (N-methyl/N-ethyl adjacent to an activating group) is 1. The lowest BCUT2D eigenvalue weighted by Crippen LogP contribution is -2.41. The van der Waals surface area contributed by atoms with Crippen LogP contribution in [0.1, 0.15) is 13.3 Å². The van der Waals surface area contributed by atoms with Crippen molar-refractivity contribution in [3.05, 3.63) is 18.3 Å². The Morgan fingerprint density at radius 3 is 2.84 bits per heavy atom. The smallest absolute Gasteiger partial charge is 0.262 e. The molecule has 1 N–H and O–H groups in total. The first-order valence-corrected chi connectivity index (χ1v) is 7.65. The Hall–Kier alpha value is -1.18. The molecule has 0 aliphatic carbocycles. The van der Waals surface area contributed by atoms with E-state index in [2.05, 4.69) is 10.3 Å². The van der Waals surface area contributed by atoms with E-state index in [9.17, 15) is 8.42 Å². The SMILES string of the molecule is CNc1cccnc1S(=O)(=O)N(C)C1CCOC1C. The van der Waals surface area contributed by atoms with Gasteiger partial charge < -0.3 is 10.1 Å². The molecule has 2 atom stereocenters. The second-order valence-corrected chi connectivity index (χ2v) is 6.47. The van der Waals surface area contributed by atoms with Gasteiger partial charge in [0.15, 0.2) is 5.03 Å². The molecule has 1 fully saturated rings. The Morgan fingerprint density at radius 2 is 2.26 bits per heavy atom. The summed E-state index contributed by atoms with van der Waals surface area (Å²) in [4.78, 5) is 4.01. The third-order valence-corrected chi connectivity index (χ3v) is 5.31. The Kier molecular flexibility index (Phi) is 4.07. The minimum atomic E-state index is -3.62. The molecule has 1 aliphatic heterocycles. The Bertz CT molecular complexity index is 547. The van der Waals surface area contributed by atoms with E-state index in [1.54, 1.807) is 26.2 Å². The molecule has 1 aromatic heterocycles. The van der Waals surface area contributed by atoms with Crippen molar-refractivity contribution < 1.29 is 13.2 Å². The zero-order chi connectivity index (χ0) is 14.0. The topological polar surface area (TPSA) is 71.5 Å². The lowest BCUT2D eigenvalue weighted by molar-refractivity contribution is 0.102. The van der Waals surface area contributed by atoms with Crippen molar-refractivity contribution in [2.24, 2.45) is 0 Å². The van der Waals surface area contributed by atoms with Crippen molar-refractivity contribution in [1.29, 1.82) is 0 Å². The summed E-state index contributed by atoms with van der Waals surface area (Å²) < 4.78 is 32.0. The number of aromatic nitrogens is 1. The predicted molar refractivity (Wildman–Crippen MR) is 72.6 cm³/mol. The minimum Gasteiger partial charge on any atom is -0.386 e. The highest BCUT2D eigenvalue weighted by molar-refractivity contribution is 7.89. The van der Waals surface area contributed by atoms with E-state index in [4.69, 9.17) is 4.74 Å². The molecule has 2 unspecified atom stereocenters. The number of hydrogen-bond donors (Lipinski definition) is 1. The first-order valence-electron chi connectivity index (χ1n) is 6.21. The monoisotopic (exact) mass is 285 g/mol. The highest BCUT2D eigenvalue weighted by atomic mass is 32.2. The van der Waals surface area contributed by atoms with Gasteiger partial charge in [-0.25, -0.2) is 13.4 Å². The van der Waals surface area contributed by atoms with Crippen molar-refractivity contribution in [3.63, 3.8) is 0 Å². The standard InChI is InChI=1S/C12H19N3O3S/c1-9-11(6-8-18-9)15(3)19(16,17)12-10(13-2)5-4-7-14-12/h4-5,7,9,11,13H,6,8H2,1-3H3. The summed E-state index contributed by atoms with van der Waals surface area (Å²) in [7, 11) is -0.358. The number of ether oxygens (including phenoxy) is 1. The quantitative estimate of drug-likeness (QED) is 0.890. The lowest BCUT2D eigenvalue weighted by atomic mass is 10.2. The first kappa shape index (κ1) is 14.2. The van der Waals surface area contributed by atoms with Gasteiger partial charge in [-0.15, -0.1) is 0 Å². The highest BCUT2D eigenvalue weighted by Crippen LogP contribution is 2.26. The fourth-order valence-electron chi connectivity index (χ4n) is 2.30. The summed E-state index contributed by atoms with van der Waals surface area (Å²) in [6.45, 7) is 2.48. The summed E-state index contributed by atoms with van der Waals surface area (Å²) in [5.41, 5.74) is 0.501. The molecular weight excluding hydrogens is 266 g/mol. The van der Waals surface area contributed by atoms with Crippen LogP contribution >= 0.6 is 0 Å². The van der Waals surface area contributed by atoms with Crippen LogP contribution in [0.2, 0.25) is 0 Å². The van der Waals surface area contributed by atoms with E-state index >= 15 is 0 Å². The van der Waals surface area contributed by atoms with Crippen molar-refractivity contribution in [2.45, 2.75) is 30.5 Å². The predicted octanol–water partition coefficient (Wildman–Crippen LogP) is 0.921. The second-order valence-electron chi connectivity index (χ2n) is 4.56. The Morgan fingerprint density at radius 1 is 1.53 bits per heavy atom. The number of anilines is 1. The van der Waals surface area contributed by atoms with Gasteiger partial charge in [-0.3, -0.25) is 0 Å². The molecule has 2 rings (SSSR count). The van der Waals surface area contributed by atoms with Crippen molar-refractivity contribution in [1.82, 2.24) is 9.29 Å². The molecule has 0 amide bonds. The van der Waals surface area contributed by atoms with Gasteiger partial charge >= 0.3 is 0 Å². The number of hydrogen-bond acceptors (Lipinski definition) is 5. The molecule has 0 radical (unpaired) electrons. The molecule has 0 saturated carbocycles. The third kappa shape index (κ3) is 2.58. The summed E-state index contributed by atoms with van der Waals surface area (Å²) in [6.07, 6.45) is 2.09. The summed E-state index contributed by atoms with van der Waals surface area (Å²) in [6, 6.07) is 3.26. The maximum Gasteiger partial charge on any atom is 0.262 e. The molecular formula is C12H19N3O3S. The molecule has 1 aliphatic rings. The van der Waals surface area contributed by atoms with Crippen molar-refractivity contribution in [2.75, 3.05) is 26.0 Å². The number of pyridine rings is 1. The fraction of sp³-hybridized carbons (Fsp3) is 0.583. The van der Waals surface area contributed by atoms with Gasteiger partial charge in [-0.1, -0.05) is 0 Å². The molecule has 1 saturated heterocycles. The van der Waals surface area contributed by atoms with Gasteiger partial charge in [0.2, 0.25) is 0 Å². The third-order valence-electron chi connectivity index (χ3n) is 3.47. The molecule has 19 heavy (non-hydrogen) atoms. The lowest BCUT2D eigenvalue weighted by Gasteiger charge is -2.26. The molecule has 6 nitrogen and oxygen atoms in total. The zero-order valence-corrected chi connectivity index (χ0v) is 12.1. The summed E-state index contributed by atoms with van der Waals surface area (Å²) in [5.74, 6) is 0. The molecule has 0 bridgehead atoms. The van der Waals surface area contributed by atoms with Crippen LogP contribution in [0, 0.1) is 0 Å². The second kappa shape index (κ2) is 5.44. The largest absolute Gasteiger partial charge is 0.386 e. The molecule has 0 aromatic carbocycles. The van der Waals surface area contributed by atoms with E-state index in [0.717, 1.165) is 0 Å². The van der Waals surface area contributed by atoms with Gasteiger partial charge in [0.25, 0.3) is 10.0 Å². The van der Waals surface area contributed by atoms with Crippen LogP contribution in [-0.2, 0) is 14.8 Å². The van der Waals surface area contributed by atoms with Gasteiger partial charge in [0.05, 0.1) is 17.8 Å². The van der Waals surface area contributed by atoms with Crippen LogP contribution in [0.5, 0.6) is 0 Å². The van der Waals surface area contributed by atoms with Crippen LogP contribution in [0.4, 0.5) is 5.69 Å². The van der Waals surface area contributed by atoms with Crippen LogP contribution in [0.15, 0.2) is 23.4 Å². The maximum absolute atomic E-state index is 12.6. The van der Waals surface area contributed by atoms with Crippen LogP contribution in [-0.4, -0.2) is 50.6 Å². The number of sulfonamides is 1. The van der Waals surface area contributed by atoms with Gasteiger partial charge in [-0.05, 0) is 25.5 Å². The van der Waals surface area contributed by atoms with Gasteiger partial charge in [0, 0.05) is 26.9 Å². The van der Waals surface area contributed by atoms with Crippen LogP contribution in [0.3, 0.4) is 0 Å². The highest BCUT2D eigenvalue weighted by Gasteiger charge is 2.36. The van der Waals surface area contributed by atoms with Crippen molar-refractivity contribution in [3.8, 4) is 0 Å².